The molecule has 3 rings (SSSR count). The molecule has 1 heterocycles. The summed E-state index contributed by atoms with van der Waals surface area (Å²) in [7, 11) is 0. The number of amides is 2. The van der Waals surface area contributed by atoms with Gasteiger partial charge in [-0.1, -0.05) is 11.6 Å². The highest BCUT2D eigenvalue weighted by Crippen LogP contribution is 2.34. The van der Waals surface area contributed by atoms with Gasteiger partial charge in [-0.05, 0) is 30.3 Å². The molecule has 0 radical (unpaired) electrons. The van der Waals surface area contributed by atoms with Crippen molar-refractivity contribution in [2.24, 2.45) is 0 Å². The van der Waals surface area contributed by atoms with Crippen LogP contribution in [0.3, 0.4) is 0 Å². The third-order valence-corrected chi connectivity index (χ3v) is 3.22. The van der Waals surface area contributed by atoms with Crippen molar-refractivity contribution in [3.05, 3.63) is 41.4 Å². The summed E-state index contributed by atoms with van der Waals surface area (Å²) in [5.41, 5.74) is 7.21. The van der Waals surface area contributed by atoms with Gasteiger partial charge in [0.1, 0.15) is 0 Å². The average Bonchev–Trinajstić information content (AvgIpc) is 2.90. The molecule has 6 nitrogen and oxygen atoms in total. The van der Waals surface area contributed by atoms with E-state index in [1.54, 1.807) is 36.4 Å². The van der Waals surface area contributed by atoms with E-state index in [9.17, 15) is 4.79 Å². The van der Waals surface area contributed by atoms with Crippen molar-refractivity contribution in [2.75, 3.05) is 23.2 Å². The quantitative estimate of drug-likeness (QED) is 0.743. The summed E-state index contributed by atoms with van der Waals surface area (Å²) in [6.07, 6.45) is 0. The molecule has 21 heavy (non-hydrogen) atoms. The van der Waals surface area contributed by atoms with Crippen LogP contribution in [0.5, 0.6) is 11.5 Å². The predicted molar refractivity (Wildman–Crippen MR) is 81.1 cm³/mol. The minimum Gasteiger partial charge on any atom is -0.454 e. The van der Waals surface area contributed by atoms with E-state index in [0.29, 0.717) is 33.6 Å². The molecule has 0 spiro atoms. The Bertz CT molecular complexity index is 706. The fourth-order valence-corrected chi connectivity index (χ4v) is 2.05. The fraction of sp³-hybridized carbons (Fsp3) is 0.0714. The summed E-state index contributed by atoms with van der Waals surface area (Å²) in [5, 5.41) is 5.74. The highest BCUT2D eigenvalue weighted by molar-refractivity contribution is 6.33. The van der Waals surface area contributed by atoms with Crippen LogP contribution < -0.4 is 25.8 Å². The molecular formula is C14H12ClN3O3. The maximum atomic E-state index is 11.9. The van der Waals surface area contributed by atoms with Crippen LogP contribution in [0.15, 0.2) is 36.4 Å². The third kappa shape index (κ3) is 2.95. The average molecular weight is 306 g/mol. The molecule has 0 saturated carbocycles. The molecule has 2 amide bonds. The Hall–Kier alpha value is -2.60. The number of nitrogens with one attached hydrogen (secondary N) is 2. The Labute approximate surface area is 125 Å². The summed E-state index contributed by atoms with van der Waals surface area (Å²) in [6, 6.07) is 9.63. The topological polar surface area (TPSA) is 85.6 Å². The Morgan fingerprint density at radius 2 is 1.71 bits per heavy atom. The first kappa shape index (κ1) is 13.4. The van der Waals surface area contributed by atoms with Gasteiger partial charge in [-0.15, -0.1) is 0 Å². The maximum Gasteiger partial charge on any atom is 0.323 e. The van der Waals surface area contributed by atoms with Crippen LogP contribution in [0.1, 0.15) is 0 Å². The molecule has 2 aromatic carbocycles. The summed E-state index contributed by atoms with van der Waals surface area (Å²) in [5.74, 6) is 1.26. The molecule has 0 fully saturated rings. The van der Waals surface area contributed by atoms with E-state index in [0.717, 1.165) is 0 Å². The van der Waals surface area contributed by atoms with Crippen LogP contribution in [0, 0.1) is 0 Å². The standard InChI is InChI=1S/C14H12ClN3O3/c15-10-5-8(1-3-11(10)16)17-14(19)18-9-2-4-12-13(6-9)21-7-20-12/h1-6H,7,16H2,(H2,17,18,19). The molecule has 0 unspecified atom stereocenters. The van der Waals surface area contributed by atoms with E-state index < -0.39 is 6.03 Å². The molecule has 0 bridgehead atoms. The molecule has 2 aromatic rings. The number of carbonyl (C=O) groups excluding carboxylic acids is 1. The van der Waals surface area contributed by atoms with Crippen molar-refractivity contribution in [3.8, 4) is 11.5 Å². The van der Waals surface area contributed by atoms with Crippen LogP contribution in [-0.2, 0) is 0 Å². The number of hydrogen-bond donors (Lipinski definition) is 3. The second-order valence-corrected chi connectivity index (χ2v) is 4.79. The number of carbonyl (C=O) groups is 1. The van der Waals surface area contributed by atoms with Crippen LogP contribution in [-0.4, -0.2) is 12.8 Å². The predicted octanol–water partition coefficient (Wildman–Crippen LogP) is 3.29. The molecule has 108 valence electrons. The van der Waals surface area contributed by atoms with Crippen molar-refractivity contribution in [1.82, 2.24) is 0 Å². The van der Waals surface area contributed by atoms with E-state index in [1.165, 1.54) is 0 Å². The minimum atomic E-state index is -0.394. The van der Waals surface area contributed by atoms with Gasteiger partial charge in [0.2, 0.25) is 6.79 Å². The first-order valence-corrected chi connectivity index (χ1v) is 6.52. The number of halogens is 1. The molecular weight excluding hydrogens is 294 g/mol. The van der Waals surface area contributed by atoms with Gasteiger partial charge in [0, 0.05) is 17.4 Å². The number of nitrogens with two attached hydrogens (primary N) is 1. The normalized spacial score (nSPS) is 12.0. The molecule has 0 atom stereocenters. The van der Waals surface area contributed by atoms with Crippen molar-refractivity contribution in [3.63, 3.8) is 0 Å². The van der Waals surface area contributed by atoms with E-state index in [1.807, 2.05) is 0 Å². The smallest absolute Gasteiger partial charge is 0.323 e. The van der Waals surface area contributed by atoms with Crippen LogP contribution in [0.2, 0.25) is 5.02 Å². The van der Waals surface area contributed by atoms with Gasteiger partial charge in [-0.25, -0.2) is 4.79 Å². The van der Waals surface area contributed by atoms with Gasteiger partial charge in [-0.2, -0.15) is 0 Å². The number of benzene rings is 2. The van der Waals surface area contributed by atoms with E-state index in [2.05, 4.69) is 10.6 Å². The number of hydrogen-bond acceptors (Lipinski definition) is 4. The molecule has 1 aliphatic heterocycles. The van der Waals surface area contributed by atoms with Gasteiger partial charge in [0.15, 0.2) is 11.5 Å². The van der Waals surface area contributed by atoms with Crippen LogP contribution >= 0.6 is 11.6 Å². The lowest BCUT2D eigenvalue weighted by Gasteiger charge is -2.09. The number of nitrogen functional groups attached to an aromatic ring is 1. The largest absolute Gasteiger partial charge is 0.454 e. The Morgan fingerprint density at radius 1 is 1.05 bits per heavy atom. The van der Waals surface area contributed by atoms with Crippen LogP contribution in [0.25, 0.3) is 0 Å². The third-order valence-electron chi connectivity index (χ3n) is 2.89. The second-order valence-electron chi connectivity index (χ2n) is 4.38. The summed E-state index contributed by atoms with van der Waals surface area (Å²) in [4.78, 5) is 11.9. The summed E-state index contributed by atoms with van der Waals surface area (Å²) >= 11 is 5.89. The number of urea groups is 1. The molecule has 1 aliphatic rings. The number of rotatable bonds is 2. The van der Waals surface area contributed by atoms with Crippen molar-refractivity contribution >= 4 is 34.7 Å². The molecule has 0 aromatic heterocycles. The lowest BCUT2D eigenvalue weighted by molar-refractivity contribution is 0.174. The molecule has 4 N–H and O–H groups in total. The van der Waals surface area contributed by atoms with E-state index in [-0.39, 0.29) is 6.79 Å². The lowest BCUT2D eigenvalue weighted by atomic mass is 10.2. The van der Waals surface area contributed by atoms with Gasteiger partial charge in [0.05, 0.1) is 10.7 Å². The zero-order valence-corrected chi connectivity index (χ0v) is 11.6. The minimum absolute atomic E-state index is 0.189. The Balaban J connectivity index is 1.67. The lowest BCUT2D eigenvalue weighted by Crippen LogP contribution is -2.19. The number of ether oxygens (including phenoxy) is 2. The number of fused-ring (bicyclic) bond motifs is 1. The van der Waals surface area contributed by atoms with E-state index >= 15 is 0 Å². The van der Waals surface area contributed by atoms with Gasteiger partial charge in [-0.3, -0.25) is 0 Å². The van der Waals surface area contributed by atoms with Gasteiger partial charge in [0.25, 0.3) is 0 Å². The zero-order valence-electron chi connectivity index (χ0n) is 10.9. The summed E-state index contributed by atoms with van der Waals surface area (Å²) in [6.45, 7) is 0.189. The zero-order chi connectivity index (χ0) is 14.8. The van der Waals surface area contributed by atoms with Crippen molar-refractivity contribution in [1.29, 1.82) is 0 Å². The molecule has 0 saturated heterocycles. The van der Waals surface area contributed by atoms with E-state index in [4.69, 9.17) is 26.8 Å². The highest BCUT2D eigenvalue weighted by Gasteiger charge is 2.14. The Morgan fingerprint density at radius 3 is 2.48 bits per heavy atom. The number of anilines is 3. The first-order chi connectivity index (χ1) is 10.1. The monoisotopic (exact) mass is 305 g/mol. The highest BCUT2D eigenvalue weighted by atomic mass is 35.5. The maximum absolute atomic E-state index is 11.9. The SMILES string of the molecule is Nc1ccc(NC(=O)Nc2ccc3c(c2)OCO3)cc1Cl. The van der Waals surface area contributed by atoms with Crippen molar-refractivity contribution in [2.45, 2.75) is 0 Å². The Kier molecular flexibility index (Phi) is 3.45. The van der Waals surface area contributed by atoms with Gasteiger partial charge >= 0.3 is 6.03 Å². The summed E-state index contributed by atoms with van der Waals surface area (Å²) < 4.78 is 10.4. The fourth-order valence-electron chi connectivity index (χ4n) is 1.87. The molecule has 0 aliphatic carbocycles. The van der Waals surface area contributed by atoms with Gasteiger partial charge < -0.3 is 25.8 Å². The molecule has 7 heteroatoms. The van der Waals surface area contributed by atoms with Crippen LogP contribution in [0.4, 0.5) is 21.9 Å². The second kappa shape index (κ2) is 5.41. The first-order valence-electron chi connectivity index (χ1n) is 6.14. The van der Waals surface area contributed by atoms with Crippen molar-refractivity contribution < 1.29 is 14.3 Å².